The van der Waals surface area contributed by atoms with E-state index in [0.717, 1.165) is 26.1 Å². The average Bonchev–Trinajstić information content (AvgIpc) is 2.65. The number of morpholine rings is 1. The van der Waals surface area contributed by atoms with Crippen LogP contribution in [-0.2, 0) is 9.53 Å². The maximum Gasteiger partial charge on any atom is 0.253 e. The van der Waals surface area contributed by atoms with Gasteiger partial charge in [-0.3, -0.25) is 4.79 Å². The molecule has 2 atom stereocenters. The van der Waals surface area contributed by atoms with Crippen LogP contribution in [0.2, 0.25) is 0 Å². The Morgan fingerprint density at radius 2 is 2.43 bits per heavy atom. The van der Waals surface area contributed by atoms with Crippen LogP contribution in [0.15, 0.2) is 0 Å². The second-order valence-corrected chi connectivity index (χ2v) is 4.24. The van der Waals surface area contributed by atoms with Crippen LogP contribution in [0.5, 0.6) is 0 Å². The lowest BCUT2D eigenvalue weighted by Gasteiger charge is -2.27. The van der Waals surface area contributed by atoms with Crippen LogP contribution < -0.4 is 5.32 Å². The molecule has 2 saturated heterocycles. The Labute approximate surface area is 84.6 Å². The van der Waals surface area contributed by atoms with E-state index >= 15 is 0 Å². The summed E-state index contributed by atoms with van der Waals surface area (Å²) in [5.74, 6) is 0.817. The van der Waals surface area contributed by atoms with Gasteiger partial charge >= 0.3 is 0 Å². The second kappa shape index (κ2) is 4.28. The molecule has 0 bridgehead atoms. The SMILES string of the molecule is CC1CCN(C(=O)C2CNCCO2)C1. The normalized spacial score (nSPS) is 33.4. The van der Waals surface area contributed by atoms with Gasteiger partial charge in [0.05, 0.1) is 6.61 Å². The van der Waals surface area contributed by atoms with Crippen molar-refractivity contribution in [1.82, 2.24) is 10.2 Å². The first-order valence-electron chi connectivity index (χ1n) is 5.38. The molecule has 0 aromatic carbocycles. The minimum atomic E-state index is -0.242. The van der Waals surface area contributed by atoms with Crippen molar-refractivity contribution in [2.75, 3.05) is 32.8 Å². The molecule has 2 rings (SSSR count). The molecule has 0 aromatic rings. The van der Waals surface area contributed by atoms with Crippen molar-refractivity contribution in [3.63, 3.8) is 0 Å². The summed E-state index contributed by atoms with van der Waals surface area (Å²) < 4.78 is 5.43. The number of amides is 1. The van der Waals surface area contributed by atoms with Gasteiger partial charge in [0.1, 0.15) is 6.10 Å². The Kier molecular flexibility index (Phi) is 3.03. The predicted molar refractivity (Wildman–Crippen MR) is 53.0 cm³/mol. The maximum absolute atomic E-state index is 11.9. The van der Waals surface area contributed by atoms with Crippen molar-refractivity contribution < 1.29 is 9.53 Å². The van der Waals surface area contributed by atoms with E-state index < -0.39 is 0 Å². The van der Waals surface area contributed by atoms with Crippen molar-refractivity contribution in [1.29, 1.82) is 0 Å². The summed E-state index contributed by atoms with van der Waals surface area (Å²) in [4.78, 5) is 13.8. The number of hydrogen-bond acceptors (Lipinski definition) is 3. The fraction of sp³-hybridized carbons (Fsp3) is 0.900. The molecule has 2 aliphatic rings. The number of ether oxygens (including phenoxy) is 1. The van der Waals surface area contributed by atoms with E-state index in [4.69, 9.17) is 4.74 Å². The summed E-state index contributed by atoms with van der Waals surface area (Å²) in [6, 6.07) is 0. The monoisotopic (exact) mass is 198 g/mol. The smallest absolute Gasteiger partial charge is 0.253 e. The van der Waals surface area contributed by atoms with Gasteiger partial charge in [-0.15, -0.1) is 0 Å². The summed E-state index contributed by atoms with van der Waals surface area (Å²) in [6.45, 7) is 6.18. The van der Waals surface area contributed by atoms with Crippen LogP contribution in [-0.4, -0.2) is 49.7 Å². The lowest BCUT2D eigenvalue weighted by atomic mass is 10.2. The lowest BCUT2D eigenvalue weighted by molar-refractivity contribution is -0.144. The molecule has 2 unspecified atom stereocenters. The Morgan fingerprint density at radius 1 is 1.57 bits per heavy atom. The van der Waals surface area contributed by atoms with Gasteiger partial charge in [0.15, 0.2) is 0 Å². The molecule has 0 spiro atoms. The topological polar surface area (TPSA) is 41.6 Å². The van der Waals surface area contributed by atoms with Crippen molar-refractivity contribution in [3.05, 3.63) is 0 Å². The third kappa shape index (κ3) is 2.07. The lowest BCUT2D eigenvalue weighted by Crippen LogP contribution is -2.48. The van der Waals surface area contributed by atoms with E-state index in [-0.39, 0.29) is 12.0 Å². The molecule has 0 radical (unpaired) electrons. The van der Waals surface area contributed by atoms with Gasteiger partial charge in [0.2, 0.25) is 0 Å². The Balaban J connectivity index is 1.87. The Bertz CT molecular complexity index is 207. The molecular weight excluding hydrogens is 180 g/mol. The van der Waals surface area contributed by atoms with Crippen LogP contribution in [0.3, 0.4) is 0 Å². The first-order valence-corrected chi connectivity index (χ1v) is 5.38. The summed E-state index contributed by atoms with van der Waals surface area (Å²) >= 11 is 0. The maximum atomic E-state index is 11.9. The Morgan fingerprint density at radius 3 is 3.00 bits per heavy atom. The van der Waals surface area contributed by atoms with Crippen molar-refractivity contribution in [2.24, 2.45) is 5.92 Å². The zero-order valence-electron chi connectivity index (χ0n) is 8.66. The number of likely N-dealkylation sites (tertiary alicyclic amines) is 1. The van der Waals surface area contributed by atoms with Gasteiger partial charge in [-0.2, -0.15) is 0 Å². The fourth-order valence-electron chi connectivity index (χ4n) is 2.06. The van der Waals surface area contributed by atoms with E-state index in [0.29, 0.717) is 19.1 Å². The van der Waals surface area contributed by atoms with Crippen LogP contribution >= 0.6 is 0 Å². The number of rotatable bonds is 1. The standard InChI is InChI=1S/C10H18N2O2/c1-8-2-4-12(7-8)10(13)9-6-11-3-5-14-9/h8-9,11H,2-7H2,1H3. The molecule has 1 amide bonds. The first kappa shape index (κ1) is 9.93. The average molecular weight is 198 g/mol. The second-order valence-electron chi connectivity index (χ2n) is 4.24. The molecule has 2 heterocycles. The molecule has 2 fully saturated rings. The number of carbonyl (C=O) groups excluding carboxylic acids is 1. The van der Waals surface area contributed by atoms with Crippen molar-refractivity contribution >= 4 is 5.91 Å². The van der Waals surface area contributed by atoms with Crippen LogP contribution in [0, 0.1) is 5.92 Å². The largest absolute Gasteiger partial charge is 0.366 e. The molecule has 0 aliphatic carbocycles. The number of carbonyl (C=O) groups is 1. The summed E-state index contributed by atoms with van der Waals surface area (Å²) in [6.07, 6.45) is 0.889. The minimum absolute atomic E-state index is 0.168. The van der Waals surface area contributed by atoms with Crippen molar-refractivity contribution in [3.8, 4) is 0 Å². The molecular formula is C10H18N2O2. The zero-order valence-corrected chi connectivity index (χ0v) is 8.66. The molecule has 4 nitrogen and oxygen atoms in total. The Hall–Kier alpha value is -0.610. The molecule has 0 aromatic heterocycles. The molecule has 80 valence electrons. The third-order valence-corrected chi connectivity index (χ3v) is 2.94. The van der Waals surface area contributed by atoms with Crippen LogP contribution in [0.4, 0.5) is 0 Å². The summed E-state index contributed by atoms with van der Waals surface area (Å²) in [7, 11) is 0. The first-order chi connectivity index (χ1) is 6.77. The fourth-order valence-corrected chi connectivity index (χ4v) is 2.06. The molecule has 4 heteroatoms. The number of nitrogens with zero attached hydrogens (tertiary/aromatic N) is 1. The van der Waals surface area contributed by atoms with Crippen LogP contribution in [0.25, 0.3) is 0 Å². The van der Waals surface area contributed by atoms with E-state index in [1.165, 1.54) is 0 Å². The molecule has 0 saturated carbocycles. The van der Waals surface area contributed by atoms with Gasteiger partial charge in [0.25, 0.3) is 5.91 Å². The van der Waals surface area contributed by atoms with Gasteiger partial charge in [-0.1, -0.05) is 6.92 Å². The quantitative estimate of drug-likeness (QED) is 0.637. The number of nitrogens with one attached hydrogen (secondary N) is 1. The zero-order chi connectivity index (χ0) is 9.97. The molecule has 14 heavy (non-hydrogen) atoms. The molecule has 2 aliphatic heterocycles. The summed E-state index contributed by atoms with van der Waals surface area (Å²) in [5, 5.41) is 3.18. The van der Waals surface area contributed by atoms with Crippen molar-refractivity contribution in [2.45, 2.75) is 19.4 Å². The third-order valence-electron chi connectivity index (χ3n) is 2.94. The van der Waals surface area contributed by atoms with E-state index in [9.17, 15) is 4.79 Å². The highest BCUT2D eigenvalue weighted by Gasteiger charge is 2.30. The van der Waals surface area contributed by atoms with Gasteiger partial charge in [0, 0.05) is 26.2 Å². The van der Waals surface area contributed by atoms with Gasteiger partial charge < -0.3 is 15.0 Å². The molecule has 1 N–H and O–H groups in total. The predicted octanol–water partition coefficient (Wildman–Crippen LogP) is -0.157. The highest BCUT2D eigenvalue weighted by molar-refractivity contribution is 5.81. The number of hydrogen-bond donors (Lipinski definition) is 1. The van der Waals surface area contributed by atoms with E-state index in [1.54, 1.807) is 0 Å². The highest BCUT2D eigenvalue weighted by Crippen LogP contribution is 2.16. The summed E-state index contributed by atoms with van der Waals surface area (Å²) in [5.41, 5.74) is 0. The highest BCUT2D eigenvalue weighted by atomic mass is 16.5. The minimum Gasteiger partial charge on any atom is -0.366 e. The van der Waals surface area contributed by atoms with E-state index in [2.05, 4.69) is 12.2 Å². The van der Waals surface area contributed by atoms with E-state index in [1.807, 2.05) is 4.90 Å². The van der Waals surface area contributed by atoms with Crippen LogP contribution in [0.1, 0.15) is 13.3 Å². The van der Waals surface area contributed by atoms with Gasteiger partial charge in [-0.25, -0.2) is 0 Å². The van der Waals surface area contributed by atoms with Gasteiger partial charge in [-0.05, 0) is 12.3 Å².